The maximum absolute atomic E-state index is 12.5. The van der Waals surface area contributed by atoms with Crippen molar-refractivity contribution in [2.75, 3.05) is 18.4 Å². The van der Waals surface area contributed by atoms with E-state index in [1.807, 2.05) is 0 Å². The predicted octanol–water partition coefficient (Wildman–Crippen LogP) is 1.43. The zero-order chi connectivity index (χ0) is 16.3. The molecule has 6 nitrogen and oxygen atoms in total. The Balaban J connectivity index is 3.03. The number of likely N-dealkylation sites (N-methyl/N-ethyl adjacent to an activating group) is 1. The number of carbonyl (C=O) groups is 1. The number of hydrogen-bond acceptors (Lipinski definition) is 4. The van der Waals surface area contributed by atoms with Crippen LogP contribution in [-0.2, 0) is 14.8 Å². The van der Waals surface area contributed by atoms with Gasteiger partial charge < -0.3 is 10.4 Å². The standard InChI is InChI=1S/C14H22N2O4S/c1-5-16(10-14(3,4)18)21(19,20)13-8-6-12(7-9-13)15-11(2)17/h6-9,18H,5,10H2,1-4H3,(H,15,17). The lowest BCUT2D eigenvalue weighted by Crippen LogP contribution is -2.42. The molecule has 21 heavy (non-hydrogen) atoms. The van der Waals surface area contributed by atoms with Crippen molar-refractivity contribution in [2.45, 2.75) is 38.2 Å². The predicted molar refractivity (Wildman–Crippen MR) is 81.5 cm³/mol. The molecule has 0 heterocycles. The van der Waals surface area contributed by atoms with Gasteiger partial charge in [0.1, 0.15) is 0 Å². The van der Waals surface area contributed by atoms with Crippen molar-refractivity contribution < 1.29 is 18.3 Å². The number of hydrogen-bond donors (Lipinski definition) is 2. The van der Waals surface area contributed by atoms with Gasteiger partial charge in [0.05, 0.1) is 10.5 Å². The Bertz CT molecular complexity index is 588. The van der Waals surface area contributed by atoms with E-state index in [4.69, 9.17) is 0 Å². The first-order valence-electron chi connectivity index (χ1n) is 6.66. The van der Waals surface area contributed by atoms with Crippen molar-refractivity contribution in [3.8, 4) is 0 Å². The molecule has 118 valence electrons. The second kappa shape index (κ2) is 6.55. The van der Waals surface area contributed by atoms with Gasteiger partial charge in [-0.2, -0.15) is 4.31 Å². The number of nitrogens with one attached hydrogen (secondary N) is 1. The highest BCUT2D eigenvalue weighted by Gasteiger charge is 2.28. The number of anilines is 1. The number of carbonyl (C=O) groups excluding carboxylic acids is 1. The Morgan fingerprint density at radius 1 is 1.29 bits per heavy atom. The van der Waals surface area contributed by atoms with Gasteiger partial charge in [0.2, 0.25) is 15.9 Å². The minimum absolute atomic E-state index is 0.0132. The molecule has 0 saturated heterocycles. The van der Waals surface area contributed by atoms with E-state index < -0.39 is 15.6 Å². The monoisotopic (exact) mass is 314 g/mol. The maximum Gasteiger partial charge on any atom is 0.243 e. The summed E-state index contributed by atoms with van der Waals surface area (Å²) in [6.45, 7) is 6.50. The summed E-state index contributed by atoms with van der Waals surface area (Å²) in [6, 6.07) is 5.94. The summed E-state index contributed by atoms with van der Waals surface area (Å²) in [6.07, 6.45) is 0. The number of nitrogens with zero attached hydrogens (tertiary/aromatic N) is 1. The van der Waals surface area contributed by atoms with E-state index in [1.165, 1.54) is 35.5 Å². The molecule has 0 aliphatic heterocycles. The van der Waals surface area contributed by atoms with Gasteiger partial charge in [0.15, 0.2) is 0 Å². The largest absolute Gasteiger partial charge is 0.389 e. The number of rotatable bonds is 6. The van der Waals surface area contributed by atoms with E-state index in [1.54, 1.807) is 20.8 Å². The number of amides is 1. The van der Waals surface area contributed by atoms with Gasteiger partial charge in [-0.1, -0.05) is 6.92 Å². The Kier molecular flexibility index (Phi) is 5.49. The van der Waals surface area contributed by atoms with E-state index in [2.05, 4.69) is 5.32 Å². The third kappa shape index (κ3) is 5.11. The Labute approximate surface area is 125 Å². The molecule has 1 aromatic carbocycles. The van der Waals surface area contributed by atoms with Crippen LogP contribution in [0.5, 0.6) is 0 Å². The molecule has 0 saturated carbocycles. The van der Waals surface area contributed by atoms with Gasteiger partial charge >= 0.3 is 0 Å². The van der Waals surface area contributed by atoms with Crippen LogP contribution in [-0.4, -0.2) is 42.4 Å². The summed E-state index contributed by atoms with van der Waals surface area (Å²) in [4.78, 5) is 11.1. The molecule has 0 aromatic heterocycles. The van der Waals surface area contributed by atoms with Crippen molar-refractivity contribution in [3.05, 3.63) is 24.3 Å². The summed E-state index contributed by atoms with van der Waals surface area (Å²) < 4.78 is 26.2. The highest BCUT2D eigenvalue weighted by Crippen LogP contribution is 2.20. The molecule has 7 heteroatoms. The number of benzene rings is 1. The van der Waals surface area contributed by atoms with Gasteiger partial charge in [-0.3, -0.25) is 4.79 Å². The van der Waals surface area contributed by atoms with Crippen LogP contribution in [0.1, 0.15) is 27.7 Å². The summed E-state index contributed by atoms with van der Waals surface area (Å²) in [5, 5.41) is 12.4. The molecule has 0 aliphatic carbocycles. The second-order valence-corrected chi connectivity index (χ2v) is 7.39. The average Bonchev–Trinajstić information content (AvgIpc) is 2.34. The zero-order valence-electron chi connectivity index (χ0n) is 12.8. The van der Waals surface area contributed by atoms with E-state index in [-0.39, 0.29) is 23.9 Å². The van der Waals surface area contributed by atoms with Crippen molar-refractivity contribution in [2.24, 2.45) is 0 Å². The number of aliphatic hydroxyl groups is 1. The van der Waals surface area contributed by atoms with Crippen LogP contribution >= 0.6 is 0 Å². The minimum Gasteiger partial charge on any atom is -0.389 e. The lowest BCUT2D eigenvalue weighted by atomic mass is 10.1. The molecule has 0 unspecified atom stereocenters. The van der Waals surface area contributed by atoms with Crippen LogP contribution in [0.2, 0.25) is 0 Å². The van der Waals surface area contributed by atoms with Crippen molar-refractivity contribution in [3.63, 3.8) is 0 Å². The van der Waals surface area contributed by atoms with E-state index in [9.17, 15) is 18.3 Å². The Hall–Kier alpha value is -1.44. The highest BCUT2D eigenvalue weighted by atomic mass is 32.2. The molecule has 1 aromatic rings. The van der Waals surface area contributed by atoms with E-state index >= 15 is 0 Å². The van der Waals surface area contributed by atoms with Gasteiger partial charge in [-0.05, 0) is 38.1 Å². The molecule has 0 fully saturated rings. The highest BCUT2D eigenvalue weighted by molar-refractivity contribution is 7.89. The SMILES string of the molecule is CCN(CC(C)(C)O)S(=O)(=O)c1ccc(NC(C)=O)cc1. The first-order valence-corrected chi connectivity index (χ1v) is 8.10. The normalized spacial score (nSPS) is 12.5. The molecular weight excluding hydrogens is 292 g/mol. The van der Waals surface area contributed by atoms with Crippen LogP contribution < -0.4 is 5.32 Å². The van der Waals surface area contributed by atoms with E-state index in [0.29, 0.717) is 5.69 Å². The summed E-state index contributed by atoms with van der Waals surface area (Å²) >= 11 is 0. The summed E-state index contributed by atoms with van der Waals surface area (Å²) in [5.41, 5.74) is -0.578. The molecule has 1 rings (SSSR count). The van der Waals surface area contributed by atoms with E-state index in [0.717, 1.165) is 0 Å². The van der Waals surface area contributed by atoms with Gasteiger partial charge in [-0.25, -0.2) is 8.42 Å². The quantitative estimate of drug-likeness (QED) is 0.831. The molecular formula is C14H22N2O4S. The van der Waals surface area contributed by atoms with Crippen LogP contribution in [0.3, 0.4) is 0 Å². The zero-order valence-corrected chi connectivity index (χ0v) is 13.6. The molecule has 2 N–H and O–H groups in total. The molecule has 0 atom stereocenters. The average molecular weight is 314 g/mol. The molecule has 0 spiro atoms. The molecule has 1 amide bonds. The van der Waals surface area contributed by atoms with Crippen molar-refractivity contribution in [1.82, 2.24) is 4.31 Å². The Morgan fingerprint density at radius 3 is 2.19 bits per heavy atom. The van der Waals surface area contributed by atoms with Gasteiger partial charge in [0, 0.05) is 25.7 Å². The maximum atomic E-state index is 12.5. The third-order valence-corrected chi connectivity index (χ3v) is 4.66. The van der Waals surface area contributed by atoms with Crippen molar-refractivity contribution in [1.29, 1.82) is 0 Å². The second-order valence-electron chi connectivity index (χ2n) is 5.45. The fourth-order valence-corrected chi connectivity index (χ4v) is 3.46. The number of sulfonamides is 1. The topological polar surface area (TPSA) is 86.7 Å². The van der Waals surface area contributed by atoms with Gasteiger partial charge in [0.25, 0.3) is 0 Å². The molecule has 0 radical (unpaired) electrons. The Morgan fingerprint density at radius 2 is 1.81 bits per heavy atom. The van der Waals surface area contributed by atoms with Crippen LogP contribution in [0.25, 0.3) is 0 Å². The summed E-state index contributed by atoms with van der Waals surface area (Å²) in [7, 11) is -3.67. The third-order valence-electron chi connectivity index (χ3n) is 2.73. The molecule has 0 aliphatic rings. The first-order chi connectivity index (χ1) is 9.56. The fraction of sp³-hybridized carbons (Fsp3) is 0.500. The molecule has 0 bridgehead atoms. The van der Waals surface area contributed by atoms with Gasteiger partial charge in [-0.15, -0.1) is 0 Å². The minimum atomic E-state index is -3.67. The summed E-state index contributed by atoms with van der Waals surface area (Å²) in [5.74, 6) is -0.220. The van der Waals surface area contributed by atoms with Crippen LogP contribution in [0, 0.1) is 0 Å². The lowest BCUT2D eigenvalue weighted by Gasteiger charge is -2.27. The smallest absolute Gasteiger partial charge is 0.243 e. The fourth-order valence-electron chi connectivity index (χ4n) is 1.86. The lowest BCUT2D eigenvalue weighted by molar-refractivity contribution is -0.114. The van der Waals surface area contributed by atoms with Crippen LogP contribution in [0.15, 0.2) is 29.2 Å². The van der Waals surface area contributed by atoms with Crippen LogP contribution in [0.4, 0.5) is 5.69 Å². The van der Waals surface area contributed by atoms with Crippen molar-refractivity contribution >= 4 is 21.6 Å². The first kappa shape index (κ1) is 17.6.